The van der Waals surface area contributed by atoms with Crippen LogP contribution in [0.5, 0.6) is 0 Å². The molecule has 1 saturated heterocycles. The van der Waals surface area contributed by atoms with E-state index >= 15 is 0 Å². The van der Waals surface area contributed by atoms with E-state index in [1.165, 1.54) is 0 Å². The highest BCUT2D eigenvalue weighted by Crippen LogP contribution is 2.16. The Morgan fingerprint density at radius 2 is 1.58 bits per heavy atom. The summed E-state index contributed by atoms with van der Waals surface area (Å²) >= 11 is 0. The third kappa shape index (κ3) is 2.71. The molecular formula is C17H15N3O4. The van der Waals surface area contributed by atoms with Gasteiger partial charge in [-0.15, -0.1) is 0 Å². The molecule has 0 N–H and O–H groups in total. The molecule has 1 fully saturated rings. The molecule has 0 unspecified atom stereocenters. The predicted molar refractivity (Wildman–Crippen MR) is 83.8 cm³/mol. The summed E-state index contributed by atoms with van der Waals surface area (Å²) in [6, 6.07) is 11.4. The summed E-state index contributed by atoms with van der Waals surface area (Å²) < 4.78 is 1.59. The normalized spacial score (nSPS) is 14.6. The highest BCUT2D eigenvalue weighted by atomic mass is 16.2. The van der Waals surface area contributed by atoms with Crippen molar-refractivity contribution in [2.75, 3.05) is 6.54 Å². The van der Waals surface area contributed by atoms with E-state index in [4.69, 9.17) is 0 Å². The Labute approximate surface area is 138 Å². The molecular weight excluding hydrogens is 310 g/mol. The molecule has 0 radical (unpaired) electrons. The first kappa shape index (κ1) is 15.7. The Morgan fingerprint density at radius 3 is 2.21 bits per heavy atom. The molecule has 2 heterocycles. The maximum absolute atomic E-state index is 12.4. The van der Waals surface area contributed by atoms with Crippen LogP contribution in [0.1, 0.15) is 16.1 Å². The molecule has 0 aliphatic carbocycles. The van der Waals surface area contributed by atoms with Gasteiger partial charge >= 0.3 is 17.8 Å². The zero-order chi connectivity index (χ0) is 17.3. The Bertz CT molecular complexity index is 825. The van der Waals surface area contributed by atoms with Gasteiger partial charge in [0.1, 0.15) is 0 Å². The highest BCUT2D eigenvalue weighted by Gasteiger charge is 2.45. The maximum Gasteiger partial charge on any atom is 0.334 e. The first-order valence-corrected chi connectivity index (χ1v) is 7.35. The molecule has 1 aliphatic rings. The van der Waals surface area contributed by atoms with Crippen LogP contribution in [-0.2, 0) is 23.2 Å². The van der Waals surface area contributed by atoms with Crippen molar-refractivity contribution in [2.45, 2.75) is 6.54 Å². The summed E-state index contributed by atoms with van der Waals surface area (Å²) in [5.74, 6) is -2.29. The molecule has 7 heteroatoms. The van der Waals surface area contributed by atoms with Crippen molar-refractivity contribution in [1.82, 2.24) is 14.4 Å². The van der Waals surface area contributed by atoms with Gasteiger partial charge in [-0.2, -0.15) is 0 Å². The molecule has 0 spiro atoms. The van der Waals surface area contributed by atoms with Crippen molar-refractivity contribution < 1.29 is 19.2 Å². The minimum atomic E-state index is -0.974. The monoisotopic (exact) mass is 325 g/mol. The van der Waals surface area contributed by atoms with E-state index in [9.17, 15) is 19.2 Å². The van der Waals surface area contributed by atoms with Gasteiger partial charge in [-0.05, 0) is 17.7 Å². The highest BCUT2D eigenvalue weighted by molar-refractivity contribution is 6.45. The molecule has 0 atom stereocenters. The molecule has 2 aromatic rings. The Morgan fingerprint density at radius 1 is 0.917 bits per heavy atom. The van der Waals surface area contributed by atoms with E-state index in [0.717, 1.165) is 10.5 Å². The number of hydrogen-bond donors (Lipinski definition) is 0. The molecule has 0 bridgehead atoms. The number of rotatable bonds is 5. The van der Waals surface area contributed by atoms with Gasteiger partial charge in [0.2, 0.25) is 0 Å². The number of Topliss-reactive ketones (excluding diaryl/α,β-unsaturated/α-hetero) is 1. The number of imide groups is 2. The topological polar surface area (TPSA) is 79.7 Å². The number of carbonyl (C=O) groups is 4. The lowest BCUT2D eigenvalue weighted by atomic mass is 10.2. The number of carbonyl (C=O) groups excluding carboxylic acids is 4. The summed E-state index contributed by atoms with van der Waals surface area (Å²) in [7, 11) is 1.69. The minimum Gasteiger partial charge on any atom is -0.348 e. The standard InChI is InChI=1S/C17H15N3O4/c1-18-9-5-8-13(18)14(21)11-20-16(23)15(22)19(17(20)24)10-12-6-3-2-4-7-12/h2-9H,10-11H2,1H3. The van der Waals surface area contributed by atoms with E-state index in [0.29, 0.717) is 10.6 Å². The van der Waals surface area contributed by atoms with Gasteiger partial charge in [0, 0.05) is 13.2 Å². The molecule has 3 rings (SSSR count). The fraction of sp³-hybridized carbons (Fsp3) is 0.176. The number of nitrogens with zero attached hydrogens (tertiary/aromatic N) is 3. The quantitative estimate of drug-likeness (QED) is 0.470. The lowest BCUT2D eigenvalue weighted by Crippen LogP contribution is -2.37. The second-order valence-electron chi connectivity index (χ2n) is 5.48. The van der Waals surface area contributed by atoms with E-state index in [-0.39, 0.29) is 6.54 Å². The van der Waals surface area contributed by atoms with Crippen molar-refractivity contribution in [3.8, 4) is 0 Å². The molecule has 1 aromatic heterocycles. The first-order chi connectivity index (χ1) is 11.5. The van der Waals surface area contributed by atoms with Crippen LogP contribution in [-0.4, -0.2) is 44.5 Å². The molecule has 0 saturated carbocycles. The van der Waals surface area contributed by atoms with Gasteiger partial charge in [0.15, 0.2) is 5.78 Å². The van der Waals surface area contributed by atoms with Gasteiger partial charge in [-0.1, -0.05) is 30.3 Å². The fourth-order valence-corrected chi connectivity index (χ4v) is 2.57. The van der Waals surface area contributed by atoms with Crippen LogP contribution in [0.2, 0.25) is 0 Å². The summed E-state index contributed by atoms with van der Waals surface area (Å²) in [4.78, 5) is 50.3. The number of ketones is 1. The van der Waals surface area contributed by atoms with Crippen LogP contribution in [0.25, 0.3) is 0 Å². The van der Waals surface area contributed by atoms with E-state index in [1.807, 2.05) is 6.07 Å². The SMILES string of the molecule is Cn1cccc1C(=O)CN1C(=O)C(=O)N(Cc2ccccc2)C1=O. The van der Waals surface area contributed by atoms with E-state index < -0.39 is 30.2 Å². The average Bonchev–Trinajstić information content (AvgIpc) is 3.09. The van der Waals surface area contributed by atoms with Crippen LogP contribution >= 0.6 is 0 Å². The smallest absolute Gasteiger partial charge is 0.334 e. The van der Waals surface area contributed by atoms with Crippen molar-refractivity contribution in [2.24, 2.45) is 7.05 Å². The molecule has 7 nitrogen and oxygen atoms in total. The Kier molecular flexibility index (Phi) is 3.99. The minimum absolute atomic E-state index is 0.000901. The van der Waals surface area contributed by atoms with Crippen LogP contribution in [0, 0.1) is 0 Å². The molecule has 1 aromatic carbocycles. The molecule has 122 valence electrons. The van der Waals surface area contributed by atoms with Crippen LogP contribution in [0.3, 0.4) is 0 Å². The lowest BCUT2D eigenvalue weighted by molar-refractivity contribution is -0.143. The van der Waals surface area contributed by atoms with Crippen molar-refractivity contribution in [3.05, 3.63) is 59.9 Å². The molecule has 4 amide bonds. The van der Waals surface area contributed by atoms with Gasteiger partial charge in [0.25, 0.3) is 0 Å². The second kappa shape index (κ2) is 6.11. The molecule has 1 aliphatic heterocycles. The summed E-state index contributed by atoms with van der Waals surface area (Å²) in [5.41, 5.74) is 1.09. The van der Waals surface area contributed by atoms with E-state index in [1.54, 1.807) is 54.2 Å². The Balaban J connectivity index is 1.77. The average molecular weight is 325 g/mol. The lowest BCUT2D eigenvalue weighted by Gasteiger charge is -2.15. The van der Waals surface area contributed by atoms with Crippen molar-refractivity contribution in [1.29, 1.82) is 0 Å². The summed E-state index contributed by atoms with van der Waals surface area (Å²) in [5, 5.41) is 0. The predicted octanol–water partition coefficient (Wildman–Crippen LogP) is 1.20. The molecule has 24 heavy (non-hydrogen) atoms. The third-order valence-corrected chi connectivity index (χ3v) is 3.85. The second-order valence-corrected chi connectivity index (χ2v) is 5.48. The third-order valence-electron chi connectivity index (χ3n) is 3.85. The van der Waals surface area contributed by atoms with Crippen LogP contribution in [0.4, 0.5) is 4.79 Å². The van der Waals surface area contributed by atoms with Gasteiger partial charge in [0.05, 0.1) is 18.8 Å². The fourth-order valence-electron chi connectivity index (χ4n) is 2.57. The number of aryl methyl sites for hydroxylation is 1. The number of aromatic nitrogens is 1. The Hall–Kier alpha value is -3.22. The first-order valence-electron chi connectivity index (χ1n) is 7.35. The largest absolute Gasteiger partial charge is 0.348 e. The zero-order valence-electron chi connectivity index (χ0n) is 13.0. The van der Waals surface area contributed by atoms with Crippen LogP contribution < -0.4 is 0 Å². The maximum atomic E-state index is 12.4. The van der Waals surface area contributed by atoms with Gasteiger partial charge < -0.3 is 4.57 Å². The van der Waals surface area contributed by atoms with E-state index in [2.05, 4.69) is 0 Å². The number of urea groups is 1. The van der Waals surface area contributed by atoms with Gasteiger partial charge in [-0.3, -0.25) is 19.3 Å². The van der Waals surface area contributed by atoms with Gasteiger partial charge in [-0.25, -0.2) is 9.69 Å². The number of amides is 4. The summed E-state index contributed by atoms with van der Waals surface area (Å²) in [6.07, 6.45) is 1.69. The number of hydrogen-bond acceptors (Lipinski definition) is 4. The van der Waals surface area contributed by atoms with Crippen molar-refractivity contribution in [3.63, 3.8) is 0 Å². The zero-order valence-corrected chi connectivity index (χ0v) is 13.0. The number of benzene rings is 1. The van der Waals surface area contributed by atoms with Crippen LogP contribution in [0.15, 0.2) is 48.7 Å². The van der Waals surface area contributed by atoms with Crippen molar-refractivity contribution >= 4 is 23.6 Å². The summed E-state index contributed by atoms with van der Waals surface area (Å²) in [6.45, 7) is -0.453.